The number of hydrogen-bond donors (Lipinski definition) is 1. The van der Waals surface area contributed by atoms with Crippen LogP contribution in [-0.2, 0) is 9.47 Å². The number of nitrogens with zero attached hydrogens (tertiary/aromatic N) is 7. The minimum atomic E-state index is -0.197. The predicted octanol–water partition coefficient (Wildman–Crippen LogP) is 5.67. The number of anilines is 2. The lowest BCUT2D eigenvalue weighted by Crippen LogP contribution is -2.25. The van der Waals surface area contributed by atoms with Gasteiger partial charge in [0.2, 0.25) is 0 Å². The van der Waals surface area contributed by atoms with Crippen LogP contribution in [0.4, 0.5) is 11.6 Å². The Labute approximate surface area is 220 Å². The molecule has 6 rings (SSSR count). The molecule has 5 heterocycles. The van der Waals surface area contributed by atoms with Gasteiger partial charge in [-0.2, -0.15) is 5.10 Å². The molecule has 1 aliphatic heterocycles. The van der Waals surface area contributed by atoms with E-state index >= 15 is 0 Å². The highest BCUT2D eigenvalue weighted by atomic mass is 32.2. The molecule has 1 N–H and O–H groups in total. The van der Waals surface area contributed by atoms with Crippen molar-refractivity contribution in [3.8, 4) is 11.4 Å². The quantitative estimate of drug-likeness (QED) is 0.299. The van der Waals surface area contributed by atoms with E-state index < -0.39 is 0 Å². The van der Waals surface area contributed by atoms with Crippen LogP contribution in [0.5, 0.6) is 0 Å². The van der Waals surface area contributed by atoms with Crippen molar-refractivity contribution in [2.45, 2.75) is 76.6 Å². The minimum Gasteiger partial charge on any atom is -0.353 e. The van der Waals surface area contributed by atoms with E-state index in [9.17, 15) is 0 Å². The van der Waals surface area contributed by atoms with Crippen LogP contribution in [0.3, 0.4) is 0 Å². The molecule has 2 atom stereocenters. The highest BCUT2D eigenvalue weighted by molar-refractivity contribution is 7.98. The monoisotopic (exact) mass is 520 g/mol. The van der Waals surface area contributed by atoms with Crippen molar-refractivity contribution in [2.24, 2.45) is 0 Å². The number of ether oxygens (including phenoxy) is 2. The summed E-state index contributed by atoms with van der Waals surface area (Å²) in [5.41, 5.74) is 2.71. The largest absolute Gasteiger partial charge is 0.353 e. The first-order chi connectivity index (χ1) is 18.0. The maximum absolute atomic E-state index is 6.24. The van der Waals surface area contributed by atoms with Crippen LogP contribution in [-0.4, -0.2) is 51.8 Å². The second-order valence-corrected chi connectivity index (χ2v) is 11.1. The van der Waals surface area contributed by atoms with Gasteiger partial charge in [0.1, 0.15) is 29.1 Å². The third-order valence-electron chi connectivity index (χ3n) is 6.49. The SMILES string of the molecule is CC(OC1CCCCO1)c1nc2cnc(Nc3ccnc(-c4cnn(SC5CC5)c4)n3)cc2n1C(C)C. The topological polar surface area (TPSA) is 105 Å². The Balaban J connectivity index is 1.23. The van der Waals surface area contributed by atoms with Gasteiger partial charge in [0, 0.05) is 36.4 Å². The number of aromatic nitrogens is 7. The first kappa shape index (κ1) is 24.3. The Morgan fingerprint density at radius 2 is 1.97 bits per heavy atom. The molecule has 0 radical (unpaired) electrons. The van der Waals surface area contributed by atoms with Crippen LogP contribution in [0, 0.1) is 0 Å². The summed E-state index contributed by atoms with van der Waals surface area (Å²) in [5.74, 6) is 2.86. The van der Waals surface area contributed by atoms with E-state index in [4.69, 9.17) is 19.4 Å². The molecule has 4 aromatic rings. The van der Waals surface area contributed by atoms with Gasteiger partial charge >= 0.3 is 0 Å². The summed E-state index contributed by atoms with van der Waals surface area (Å²) in [6.45, 7) is 7.10. The molecule has 194 valence electrons. The summed E-state index contributed by atoms with van der Waals surface area (Å²) < 4.78 is 16.2. The molecule has 10 nitrogen and oxygen atoms in total. The average molecular weight is 521 g/mol. The molecule has 0 bridgehead atoms. The summed E-state index contributed by atoms with van der Waals surface area (Å²) in [4.78, 5) is 18.6. The van der Waals surface area contributed by atoms with Crippen molar-refractivity contribution >= 4 is 34.6 Å². The zero-order valence-electron chi connectivity index (χ0n) is 21.4. The Hall–Kier alpha value is -3.02. The molecule has 1 saturated heterocycles. The molecule has 1 aliphatic carbocycles. The summed E-state index contributed by atoms with van der Waals surface area (Å²) in [7, 11) is 0. The fraction of sp³-hybridized carbons (Fsp3) is 0.500. The van der Waals surface area contributed by atoms with Gasteiger partial charge in [-0.1, -0.05) is 0 Å². The first-order valence-electron chi connectivity index (χ1n) is 13.0. The Kier molecular flexibility index (Phi) is 6.83. The number of imidazole rings is 1. The molecule has 2 fully saturated rings. The third-order valence-corrected chi connectivity index (χ3v) is 7.67. The van der Waals surface area contributed by atoms with E-state index in [0.29, 0.717) is 22.7 Å². The van der Waals surface area contributed by atoms with Crippen molar-refractivity contribution < 1.29 is 9.47 Å². The lowest BCUT2D eigenvalue weighted by atomic mass is 10.2. The Morgan fingerprint density at radius 1 is 1.08 bits per heavy atom. The lowest BCUT2D eigenvalue weighted by molar-refractivity contribution is -0.188. The van der Waals surface area contributed by atoms with Crippen molar-refractivity contribution in [1.82, 2.24) is 33.7 Å². The van der Waals surface area contributed by atoms with E-state index in [-0.39, 0.29) is 18.4 Å². The molecule has 0 amide bonds. The second kappa shape index (κ2) is 10.4. The number of fused-ring (bicyclic) bond motifs is 1. The van der Waals surface area contributed by atoms with E-state index in [0.717, 1.165) is 48.3 Å². The number of hydrogen-bond acceptors (Lipinski definition) is 9. The van der Waals surface area contributed by atoms with Crippen molar-refractivity contribution in [3.63, 3.8) is 0 Å². The standard InChI is InChI=1S/C26H32N8O2S/c1-16(2)34-21-12-23(28-14-20(21)30-26(34)17(3)36-24-6-4-5-11-35-24)31-22-9-10-27-25(32-22)18-13-29-33(15-18)37-19-7-8-19/h9-10,12-17,19,24H,4-8,11H2,1-3H3,(H,27,28,31,32). The van der Waals surface area contributed by atoms with Crippen molar-refractivity contribution in [2.75, 3.05) is 11.9 Å². The third kappa shape index (κ3) is 5.48. The van der Waals surface area contributed by atoms with Gasteiger partial charge in [-0.25, -0.2) is 24.0 Å². The predicted molar refractivity (Wildman–Crippen MR) is 144 cm³/mol. The smallest absolute Gasteiger partial charge is 0.164 e. The highest BCUT2D eigenvalue weighted by Crippen LogP contribution is 2.35. The molecular weight excluding hydrogens is 488 g/mol. The molecule has 37 heavy (non-hydrogen) atoms. The lowest BCUT2D eigenvalue weighted by Gasteiger charge is -2.26. The van der Waals surface area contributed by atoms with E-state index in [1.807, 2.05) is 35.5 Å². The van der Waals surface area contributed by atoms with Crippen LogP contribution in [0.2, 0.25) is 0 Å². The molecule has 11 heteroatoms. The zero-order valence-corrected chi connectivity index (χ0v) is 22.2. The molecule has 0 aromatic carbocycles. The maximum Gasteiger partial charge on any atom is 0.164 e. The highest BCUT2D eigenvalue weighted by Gasteiger charge is 2.25. The minimum absolute atomic E-state index is 0.175. The van der Waals surface area contributed by atoms with Gasteiger partial charge in [-0.15, -0.1) is 0 Å². The van der Waals surface area contributed by atoms with Gasteiger partial charge in [0.25, 0.3) is 0 Å². The summed E-state index contributed by atoms with van der Waals surface area (Å²) in [6.07, 6.45) is 12.6. The normalized spacial score (nSPS) is 19.0. The van der Waals surface area contributed by atoms with Crippen LogP contribution < -0.4 is 5.32 Å². The van der Waals surface area contributed by atoms with Crippen LogP contribution in [0.1, 0.15) is 70.8 Å². The fourth-order valence-corrected chi connectivity index (χ4v) is 5.45. The van der Waals surface area contributed by atoms with E-state index in [2.05, 4.69) is 38.8 Å². The fourth-order valence-electron chi connectivity index (χ4n) is 4.52. The van der Waals surface area contributed by atoms with Crippen LogP contribution in [0.15, 0.2) is 36.9 Å². The van der Waals surface area contributed by atoms with Crippen molar-refractivity contribution in [1.29, 1.82) is 0 Å². The van der Waals surface area contributed by atoms with Crippen molar-refractivity contribution in [3.05, 3.63) is 42.7 Å². The van der Waals surface area contributed by atoms with E-state index in [1.54, 1.807) is 24.3 Å². The van der Waals surface area contributed by atoms with Gasteiger partial charge in [-0.05, 0) is 70.9 Å². The van der Waals surface area contributed by atoms with Crippen LogP contribution in [0.25, 0.3) is 22.4 Å². The van der Waals surface area contributed by atoms with Gasteiger partial charge in [-0.3, -0.25) is 0 Å². The molecule has 4 aromatic heterocycles. The Morgan fingerprint density at radius 3 is 2.76 bits per heavy atom. The molecule has 2 aliphatic rings. The summed E-state index contributed by atoms with van der Waals surface area (Å²) in [6, 6.07) is 4.05. The number of nitrogens with one attached hydrogen (secondary N) is 1. The van der Waals surface area contributed by atoms with E-state index in [1.165, 1.54) is 12.8 Å². The van der Waals surface area contributed by atoms with Crippen LogP contribution >= 0.6 is 11.9 Å². The Bertz CT molecular complexity index is 1380. The number of pyridine rings is 1. The zero-order chi connectivity index (χ0) is 25.4. The second-order valence-electron chi connectivity index (χ2n) is 9.89. The molecule has 1 saturated carbocycles. The molecule has 0 spiro atoms. The number of rotatable bonds is 9. The summed E-state index contributed by atoms with van der Waals surface area (Å²) in [5, 5.41) is 8.46. The van der Waals surface area contributed by atoms with Gasteiger partial charge in [0.15, 0.2) is 12.1 Å². The first-order valence-corrected chi connectivity index (χ1v) is 13.8. The summed E-state index contributed by atoms with van der Waals surface area (Å²) >= 11 is 1.75. The molecule has 2 unspecified atom stereocenters. The molecular formula is C26H32N8O2S. The maximum atomic E-state index is 6.24. The van der Waals surface area contributed by atoms with Gasteiger partial charge in [0.05, 0.1) is 23.5 Å². The average Bonchev–Trinajstić information content (AvgIpc) is 3.43. The van der Waals surface area contributed by atoms with Gasteiger partial charge < -0.3 is 19.4 Å².